The van der Waals surface area contributed by atoms with Gasteiger partial charge >= 0.3 is 0 Å². The number of halogens is 2. The summed E-state index contributed by atoms with van der Waals surface area (Å²) in [5.74, 6) is -0.288. The third kappa shape index (κ3) is 3.05. The quantitative estimate of drug-likeness (QED) is 0.718. The highest BCUT2D eigenvalue weighted by molar-refractivity contribution is 7.89. The number of sulfonamides is 1. The van der Waals surface area contributed by atoms with Crippen molar-refractivity contribution in [2.75, 3.05) is 13.1 Å². The molecule has 2 heterocycles. The van der Waals surface area contributed by atoms with Crippen LogP contribution in [0.4, 0.5) is 4.39 Å². The fourth-order valence-electron chi connectivity index (χ4n) is 3.23. The summed E-state index contributed by atoms with van der Waals surface area (Å²) in [6.07, 6.45) is 4.36. The Morgan fingerprint density at radius 3 is 2.58 bits per heavy atom. The lowest BCUT2D eigenvalue weighted by molar-refractivity contribution is 0.441. The molecule has 4 nitrogen and oxygen atoms in total. The van der Waals surface area contributed by atoms with Crippen molar-refractivity contribution in [2.24, 2.45) is 0 Å². The van der Waals surface area contributed by atoms with E-state index in [1.807, 2.05) is 12.3 Å². The Kier molecular flexibility index (Phi) is 4.34. The molecule has 26 heavy (non-hydrogen) atoms. The third-order valence-corrected chi connectivity index (χ3v) is 6.74. The molecular formula is C19H16ClFN2O2S. The van der Waals surface area contributed by atoms with Crippen LogP contribution in [0, 0.1) is 5.82 Å². The number of hydrogen-bond donors (Lipinski definition) is 1. The van der Waals surface area contributed by atoms with E-state index in [2.05, 4.69) is 4.98 Å². The van der Waals surface area contributed by atoms with Crippen LogP contribution in [0.1, 0.15) is 12.0 Å². The van der Waals surface area contributed by atoms with Crippen LogP contribution >= 0.6 is 11.6 Å². The van der Waals surface area contributed by atoms with Crippen molar-refractivity contribution in [1.82, 2.24) is 9.29 Å². The second-order valence-corrected chi connectivity index (χ2v) is 8.56. The Morgan fingerprint density at radius 1 is 1.12 bits per heavy atom. The van der Waals surface area contributed by atoms with E-state index >= 15 is 0 Å². The standard InChI is InChI=1S/C19H16ClFN2O2S/c20-14-1-4-16(5-2-14)26(24,25)23-9-7-13(8-10-23)18-12-22-19-11-15(21)3-6-17(18)19/h1-7,11-12,22H,8-10H2. The topological polar surface area (TPSA) is 53.2 Å². The zero-order valence-electron chi connectivity index (χ0n) is 13.7. The summed E-state index contributed by atoms with van der Waals surface area (Å²) in [4.78, 5) is 3.31. The molecule has 0 radical (unpaired) electrons. The lowest BCUT2D eigenvalue weighted by atomic mass is 10.00. The number of fused-ring (bicyclic) bond motifs is 1. The average Bonchev–Trinajstić information content (AvgIpc) is 3.05. The van der Waals surface area contributed by atoms with Crippen LogP contribution < -0.4 is 0 Å². The van der Waals surface area contributed by atoms with Crippen LogP contribution in [0.3, 0.4) is 0 Å². The van der Waals surface area contributed by atoms with Gasteiger partial charge < -0.3 is 4.98 Å². The molecule has 0 saturated carbocycles. The molecule has 2 aromatic carbocycles. The SMILES string of the molecule is O=S(=O)(c1ccc(Cl)cc1)N1CC=C(c2c[nH]c3cc(F)ccc23)CC1. The van der Waals surface area contributed by atoms with Gasteiger partial charge in [-0.05, 0) is 54.5 Å². The fraction of sp³-hybridized carbons (Fsp3) is 0.158. The predicted octanol–water partition coefficient (Wildman–Crippen LogP) is 4.44. The van der Waals surface area contributed by atoms with E-state index in [-0.39, 0.29) is 10.7 Å². The molecule has 0 spiro atoms. The Bertz CT molecular complexity index is 1100. The van der Waals surface area contributed by atoms with Crippen molar-refractivity contribution in [2.45, 2.75) is 11.3 Å². The Morgan fingerprint density at radius 2 is 1.88 bits per heavy atom. The van der Waals surface area contributed by atoms with Gasteiger partial charge in [0.25, 0.3) is 0 Å². The number of H-pyrrole nitrogens is 1. The van der Waals surface area contributed by atoms with Crippen LogP contribution in [0.5, 0.6) is 0 Å². The summed E-state index contributed by atoms with van der Waals surface area (Å²) in [5, 5.41) is 1.44. The van der Waals surface area contributed by atoms with Crippen molar-refractivity contribution in [3.63, 3.8) is 0 Å². The minimum absolute atomic E-state index is 0.237. The van der Waals surface area contributed by atoms with Gasteiger partial charge in [-0.2, -0.15) is 4.31 Å². The molecule has 1 aliphatic heterocycles. The van der Waals surface area contributed by atoms with Crippen LogP contribution in [0.2, 0.25) is 5.02 Å². The first kappa shape index (κ1) is 17.3. The molecule has 4 rings (SSSR count). The Balaban J connectivity index is 1.60. The summed E-state index contributed by atoms with van der Waals surface area (Å²) in [6.45, 7) is 0.693. The minimum Gasteiger partial charge on any atom is -0.360 e. The molecule has 0 saturated heterocycles. The molecule has 1 aromatic heterocycles. The smallest absolute Gasteiger partial charge is 0.243 e. The molecule has 7 heteroatoms. The van der Waals surface area contributed by atoms with Gasteiger partial charge in [0.2, 0.25) is 10.0 Å². The lowest BCUT2D eigenvalue weighted by Gasteiger charge is -2.25. The van der Waals surface area contributed by atoms with Gasteiger partial charge in [0.1, 0.15) is 5.82 Å². The number of nitrogens with one attached hydrogen (secondary N) is 1. The van der Waals surface area contributed by atoms with Crippen molar-refractivity contribution in [3.05, 3.63) is 71.1 Å². The van der Waals surface area contributed by atoms with E-state index in [0.717, 1.165) is 22.0 Å². The maximum Gasteiger partial charge on any atom is 0.243 e. The van der Waals surface area contributed by atoms with Gasteiger partial charge in [0.15, 0.2) is 0 Å². The van der Waals surface area contributed by atoms with Gasteiger partial charge in [0, 0.05) is 40.8 Å². The number of aromatic nitrogens is 1. The van der Waals surface area contributed by atoms with Gasteiger partial charge in [-0.1, -0.05) is 17.7 Å². The summed E-state index contributed by atoms with van der Waals surface area (Å²) in [5.41, 5.74) is 2.78. The Labute approximate surface area is 155 Å². The first-order valence-electron chi connectivity index (χ1n) is 8.17. The normalized spacial score (nSPS) is 16.0. The van der Waals surface area contributed by atoms with Gasteiger partial charge in [-0.25, -0.2) is 12.8 Å². The van der Waals surface area contributed by atoms with Crippen LogP contribution in [0.25, 0.3) is 16.5 Å². The van der Waals surface area contributed by atoms with Crippen molar-refractivity contribution < 1.29 is 12.8 Å². The largest absolute Gasteiger partial charge is 0.360 e. The fourth-order valence-corrected chi connectivity index (χ4v) is 4.74. The number of hydrogen-bond acceptors (Lipinski definition) is 2. The number of benzene rings is 2. The molecule has 3 aromatic rings. The summed E-state index contributed by atoms with van der Waals surface area (Å²) in [7, 11) is -3.55. The molecule has 0 amide bonds. The number of rotatable bonds is 3. The molecule has 134 valence electrons. The van der Waals surface area contributed by atoms with E-state index < -0.39 is 10.0 Å². The van der Waals surface area contributed by atoms with Crippen molar-refractivity contribution >= 4 is 38.1 Å². The molecule has 0 atom stereocenters. The molecule has 0 bridgehead atoms. The predicted molar refractivity (Wildman–Crippen MR) is 101 cm³/mol. The second kappa shape index (κ2) is 6.54. The number of nitrogens with zero attached hydrogens (tertiary/aromatic N) is 1. The zero-order chi connectivity index (χ0) is 18.3. The summed E-state index contributed by atoms with van der Waals surface area (Å²) < 4.78 is 40.3. The third-order valence-electron chi connectivity index (χ3n) is 4.61. The molecule has 1 aliphatic rings. The molecule has 1 N–H and O–H groups in total. The van der Waals surface area contributed by atoms with Crippen LogP contribution in [-0.4, -0.2) is 30.8 Å². The minimum atomic E-state index is -3.55. The zero-order valence-corrected chi connectivity index (χ0v) is 15.3. The summed E-state index contributed by atoms with van der Waals surface area (Å²) in [6, 6.07) is 10.8. The molecule has 0 aliphatic carbocycles. The lowest BCUT2D eigenvalue weighted by Crippen LogP contribution is -2.34. The van der Waals surface area contributed by atoms with E-state index in [1.54, 1.807) is 18.2 Å². The summed E-state index contributed by atoms with van der Waals surface area (Å²) >= 11 is 5.84. The van der Waals surface area contributed by atoms with E-state index in [9.17, 15) is 12.8 Å². The average molecular weight is 391 g/mol. The van der Waals surface area contributed by atoms with E-state index in [0.29, 0.717) is 24.5 Å². The first-order valence-corrected chi connectivity index (χ1v) is 9.99. The second-order valence-electron chi connectivity index (χ2n) is 6.19. The molecule has 0 unspecified atom stereocenters. The maximum atomic E-state index is 13.3. The number of aromatic amines is 1. The van der Waals surface area contributed by atoms with Crippen LogP contribution in [0.15, 0.2) is 59.6 Å². The van der Waals surface area contributed by atoms with Gasteiger partial charge in [-0.3, -0.25) is 0 Å². The first-order chi connectivity index (χ1) is 12.4. The van der Waals surface area contributed by atoms with E-state index in [1.165, 1.54) is 28.6 Å². The maximum absolute atomic E-state index is 13.3. The van der Waals surface area contributed by atoms with Crippen molar-refractivity contribution in [1.29, 1.82) is 0 Å². The van der Waals surface area contributed by atoms with Crippen LogP contribution in [-0.2, 0) is 10.0 Å². The monoisotopic (exact) mass is 390 g/mol. The Hall–Kier alpha value is -2.15. The van der Waals surface area contributed by atoms with Crippen molar-refractivity contribution in [3.8, 4) is 0 Å². The molecular weight excluding hydrogens is 375 g/mol. The van der Waals surface area contributed by atoms with Gasteiger partial charge in [-0.15, -0.1) is 0 Å². The van der Waals surface area contributed by atoms with E-state index in [4.69, 9.17) is 11.6 Å². The highest BCUT2D eigenvalue weighted by Gasteiger charge is 2.26. The highest BCUT2D eigenvalue weighted by atomic mass is 35.5. The highest BCUT2D eigenvalue weighted by Crippen LogP contribution is 2.31. The van der Waals surface area contributed by atoms with Gasteiger partial charge in [0.05, 0.1) is 4.90 Å². The molecule has 0 fully saturated rings.